The summed E-state index contributed by atoms with van der Waals surface area (Å²) in [6.07, 6.45) is 5.95. The fraction of sp³-hybridized carbons (Fsp3) is 1.00. The summed E-state index contributed by atoms with van der Waals surface area (Å²) in [6, 6.07) is 0.731. The lowest BCUT2D eigenvalue weighted by molar-refractivity contribution is -0.173. The van der Waals surface area contributed by atoms with Crippen molar-refractivity contribution in [3.63, 3.8) is 0 Å². The summed E-state index contributed by atoms with van der Waals surface area (Å²) in [5.74, 6) is 1.56. The number of hydrogen-bond acceptors (Lipinski definition) is 2. The van der Waals surface area contributed by atoms with Gasteiger partial charge in [-0.25, -0.2) is 0 Å². The maximum Gasteiger partial charge on any atom is 0.0661 e. The minimum Gasteiger partial charge on any atom is -0.378 e. The van der Waals surface area contributed by atoms with E-state index in [1.54, 1.807) is 0 Å². The predicted molar refractivity (Wildman–Crippen MR) is 72.1 cm³/mol. The molecule has 0 aliphatic heterocycles. The summed E-state index contributed by atoms with van der Waals surface area (Å²) in [6.45, 7) is 11.1. The Hall–Kier alpha value is -0.0800. The molecule has 2 heteroatoms. The molecule has 3 unspecified atom stereocenters. The molecule has 100 valence electrons. The monoisotopic (exact) mass is 239 g/mol. The van der Waals surface area contributed by atoms with Gasteiger partial charge in [-0.2, -0.15) is 0 Å². The molecule has 2 saturated carbocycles. The average Bonchev–Trinajstić information content (AvgIpc) is 2.19. The van der Waals surface area contributed by atoms with Crippen LogP contribution in [-0.2, 0) is 4.74 Å². The van der Waals surface area contributed by atoms with Crippen LogP contribution >= 0.6 is 0 Å². The zero-order valence-corrected chi connectivity index (χ0v) is 12.0. The molecule has 0 heterocycles. The molecular formula is C15H29NO. The molecule has 0 radical (unpaired) electrons. The molecule has 2 nitrogen and oxygen atoms in total. The third-order valence-corrected chi connectivity index (χ3v) is 5.26. The average molecular weight is 239 g/mol. The largest absolute Gasteiger partial charge is 0.378 e. The predicted octanol–water partition coefficient (Wildman–Crippen LogP) is 3.22. The van der Waals surface area contributed by atoms with Gasteiger partial charge in [0.1, 0.15) is 0 Å². The van der Waals surface area contributed by atoms with Gasteiger partial charge in [0.15, 0.2) is 0 Å². The Morgan fingerprint density at radius 3 is 2.47 bits per heavy atom. The molecule has 0 aromatic carbocycles. The number of nitrogens with one attached hydrogen (secondary N) is 1. The third-order valence-electron chi connectivity index (χ3n) is 5.26. The topological polar surface area (TPSA) is 21.3 Å². The molecule has 2 fully saturated rings. The van der Waals surface area contributed by atoms with Gasteiger partial charge in [0.05, 0.1) is 6.10 Å². The van der Waals surface area contributed by atoms with Gasteiger partial charge in [0.2, 0.25) is 0 Å². The Morgan fingerprint density at radius 1 is 1.29 bits per heavy atom. The molecule has 0 aromatic rings. The summed E-state index contributed by atoms with van der Waals surface area (Å²) < 4.78 is 5.88. The van der Waals surface area contributed by atoms with Gasteiger partial charge in [-0.3, -0.25) is 0 Å². The lowest BCUT2D eigenvalue weighted by atomic mass is 9.51. The van der Waals surface area contributed by atoms with E-state index in [0.717, 1.165) is 24.5 Å². The quantitative estimate of drug-likeness (QED) is 0.768. The smallest absolute Gasteiger partial charge is 0.0661 e. The van der Waals surface area contributed by atoms with Gasteiger partial charge in [0.25, 0.3) is 0 Å². The highest BCUT2D eigenvalue weighted by molar-refractivity contribution is 5.12. The van der Waals surface area contributed by atoms with Crippen molar-refractivity contribution in [2.24, 2.45) is 17.3 Å². The highest BCUT2D eigenvalue weighted by Gasteiger charge is 2.58. The Balaban J connectivity index is 1.79. The minimum absolute atomic E-state index is 0.521. The number of rotatable bonds is 6. The first kappa shape index (κ1) is 13.4. The van der Waals surface area contributed by atoms with Crippen LogP contribution in [0.2, 0.25) is 0 Å². The van der Waals surface area contributed by atoms with E-state index in [1.165, 1.54) is 32.2 Å². The zero-order chi connectivity index (χ0) is 12.5. The van der Waals surface area contributed by atoms with Crippen LogP contribution in [0.1, 0.15) is 53.4 Å². The van der Waals surface area contributed by atoms with Gasteiger partial charge >= 0.3 is 0 Å². The molecule has 2 aliphatic rings. The standard InChI is InChI=1S/C15H29NO/c1-5-17-14-9-13(15(14)7-6-8-15)16-10-12(4)11(2)3/h11-14,16H,5-10H2,1-4H3. The van der Waals surface area contributed by atoms with Gasteiger partial charge in [-0.1, -0.05) is 27.2 Å². The third kappa shape index (κ3) is 2.39. The Bertz CT molecular complexity index is 247. The maximum absolute atomic E-state index is 5.88. The maximum atomic E-state index is 5.88. The lowest BCUT2D eigenvalue weighted by Gasteiger charge is -2.61. The summed E-state index contributed by atoms with van der Waals surface area (Å²) in [5, 5.41) is 3.80. The van der Waals surface area contributed by atoms with E-state index in [4.69, 9.17) is 4.74 Å². The molecule has 0 amide bonds. The van der Waals surface area contributed by atoms with E-state index in [1.807, 2.05) is 0 Å². The molecular weight excluding hydrogens is 210 g/mol. The molecule has 0 aromatic heterocycles. The molecule has 0 saturated heterocycles. The first-order valence-electron chi connectivity index (χ1n) is 7.45. The van der Waals surface area contributed by atoms with Gasteiger partial charge in [-0.05, 0) is 44.6 Å². The van der Waals surface area contributed by atoms with Gasteiger partial charge in [-0.15, -0.1) is 0 Å². The lowest BCUT2D eigenvalue weighted by Crippen LogP contribution is -2.67. The van der Waals surface area contributed by atoms with Crippen LogP contribution in [0.25, 0.3) is 0 Å². The van der Waals surface area contributed by atoms with Crippen LogP contribution in [0.5, 0.6) is 0 Å². The summed E-state index contributed by atoms with van der Waals surface area (Å²) in [4.78, 5) is 0. The second kappa shape index (κ2) is 5.27. The highest BCUT2D eigenvalue weighted by atomic mass is 16.5. The van der Waals surface area contributed by atoms with Crippen LogP contribution in [0, 0.1) is 17.3 Å². The Labute approximate surface area is 107 Å². The molecule has 17 heavy (non-hydrogen) atoms. The van der Waals surface area contributed by atoms with E-state index in [0.29, 0.717) is 11.5 Å². The zero-order valence-electron chi connectivity index (χ0n) is 12.0. The van der Waals surface area contributed by atoms with Crippen LogP contribution in [0.3, 0.4) is 0 Å². The second-order valence-corrected chi connectivity index (χ2v) is 6.45. The second-order valence-electron chi connectivity index (χ2n) is 6.45. The summed E-state index contributed by atoms with van der Waals surface area (Å²) >= 11 is 0. The van der Waals surface area contributed by atoms with Crippen LogP contribution in [0.15, 0.2) is 0 Å². The molecule has 2 aliphatic carbocycles. The van der Waals surface area contributed by atoms with E-state index in [-0.39, 0.29) is 0 Å². The van der Waals surface area contributed by atoms with Crippen molar-refractivity contribution in [2.45, 2.75) is 65.5 Å². The number of ether oxygens (including phenoxy) is 1. The highest BCUT2D eigenvalue weighted by Crippen LogP contribution is 2.57. The first-order valence-corrected chi connectivity index (χ1v) is 7.45. The summed E-state index contributed by atoms with van der Waals surface area (Å²) in [5.41, 5.74) is 0.521. The van der Waals surface area contributed by atoms with E-state index >= 15 is 0 Å². The first-order chi connectivity index (χ1) is 8.10. The van der Waals surface area contributed by atoms with Gasteiger partial charge < -0.3 is 10.1 Å². The van der Waals surface area contributed by atoms with Crippen molar-refractivity contribution in [1.82, 2.24) is 5.32 Å². The van der Waals surface area contributed by atoms with Crippen molar-refractivity contribution in [3.05, 3.63) is 0 Å². The van der Waals surface area contributed by atoms with Crippen molar-refractivity contribution in [3.8, 4) is 0 Å². The molecule has 0 bridgehead atoms. The Morgan fingerprint density at radius 2 is 2.00 bits per heavy atom. The van der Waals surface area contributed by atoms with Crippen LogP contribution < -0.4 is 5.32 Å². The van der Waals surface area contributed by atoms with E-state index < -0.39 is 0 Å². The molecule has 1 N–H and O–H groups in total. The molecule has 3 atom stereocenters. The van der Waals surface area contributed by atoms with E-state index in [9.17, 15) is 0 Å². The fourth-order valence-electron chi connectivity index (χ4n) is 3.29. The van der Waals surface area contributed by atoms with Crippen molar-refractivity contribution >= 4 is 0 Å². The van der Waals surface area contributed by atoms with Crippen molar-refractivity contribution < 1.29 is 4.74 Å². The summed E-state index contributed by atoms with van der Waals surface area (Å²) in [7, 11) is 0. The fourth-order valence-corrected chi connectivity index (χ4v) is 3.29. The van der Waals surface area contributed by atoms with E-state index in [2.05, 4.69) is 33.0 Å². The molecule has 2 rings (SSSR count). The Kier molecular flexibility index (Phi) is 4.14. The van der Waals surface area contributed by atoms with Crippen LogP contribution in [0.4, 0.5) is 0 Å². The van der Waals surface area contributed by atoms with Crippen LogP contribution in [-0.4, -0.2) is 25.3 Å². The van der Waals surface area contributed by atoms with Gasteiger partial charge in [0, 0.05) is 18.1 Å². The van der Waals surface area contributed by atoms with Crippen molar-refractivity contribution in [1.29, 1.82) is 0 Å². The van der Waals surface area contributed by atoms with Crippen molar-refractivity contribution in [2.75, 3.05) is 13.2 Å². The number of hydrogen-bond donors (Lipinski definition) is 1. The SMILES string of the molecule is CCOC1CC(NCC(C)C(C)C)C12CCC2. The normalized spacial score (nSPS) is 32.3. The minimum atomic E-state index is 0.521. The molecule has 1 spiro atoms.